The van der Waals surface area contributed by atoms with E-state index in [0.717, 1.165) is 24.3 Å². The van der Waals surface area contributed by atoms with Gasteiger partial charge in [0.05, 0.1) is 41.9 Å². The van der Waals surface area contributed by atoms with Gasteiger partial charge in [0.1, 0.15) is 6.17 Å². The van der Waals surface area contributed by atoms with E-state index in [4.69, 9.17) is 14.2 Å². The van der Waals surface area contributed by atoms with E-state index in [0.29, 0.717) is 16.1 Å². The van der Waals surface area contributed by atoms with Gasteiger partial charge in [-0.2, -0.15) is 0 Å². The second-order valence-corrected chi connectivity index (χ2v) is 11.2. The number of carbonyl (C=O) groups is 2. The number of rotatable bonds is 4. The lowest BCUT2D eigenvalue weighted by molar-refractivity contribution is -0.0579. The third-order valence-electron chi connectivity index (χ3n) is 7.93. The van der Waals surface area contributed by atoms with Crippen molar-refractivity contribution in [1.29, 1.82) is 0 Å². The van der Waals surface area contributed by atoms with Gasteiger partial charge in [-0.3, -0.25) is 19.3 Å². The summed E-state index contributed by atoms with van der Waals surface area (Å²) in [4.78, 5) is 45.4. The van der Waals surface area contributed by atoms with E-state index >= 15 is 4.39 Å². The molecule has 2 aliphatic heterocycles. The Kier molecular flexibility index (Phi) is 6.81. The van der Waals surface area contributed by atoms with E-state index in [1.54, 1.807) is 10.4 Å². The Morgan fingerprint density at radius 1 is 1.14 bits per heavy atom. The highest BCUT2D eigenvalue weighted by atomic mass is 32.1. The number of halogens is 2. The van der Waals surface area contributed by atoms with Gasteiger partial charge < -0.3 is 23.8 Å². The second-order valence-electron chi connectivity index (χ2n) is 10.4. The predicted octanol–water partition coefficient (Wildman–Crippen LogP) is 4.28. The fourth-order valence-corrected chi connectivity index (χ4v) is 6.92. The van der Waals surface area contributed by atoms with Crippen molar-refractivity contribution in [2.45, 2.75) is 25.2 Å². The number of pyridine rings is 1. The van der Waals surface area contributed by atoms with Crippen LogP contribution in [-0.4, -0.2) is 65.9 Å². The van der Waals surface area contributed by atoms with Gasteiger partial charge in [-0.25, -0.2) is 18.6 Å². The molecule has 4 heterocycles. The Bertz CT molecular complexity index is 1880. The van der Waals surface area contributed by atoms with Crippen molar-refractivity contribution in [1.82, 2.24) is 14.6 Å². The molecule has 1 amide bonds. The molecule has 1 unspecified atom stereocenters. The summed E-state index contributed by atoms with van der Waals surface area (Å²) in [5.41, 5.74) is 3.03. The molecule has 0 N–H and O–H groups in total. The Hall–Kier alpha value is -4.82. The van der Waals surface area contributed by atoms with Crippen LogP contribution in [0.2, 0.25) is 0 Å². The molecule has 3 aliphatic rings. The monoisotopic (exact) mass is 622 g/mol. The zero-order valence-corrected chi connectivity index (χ0v) is 24.2. The zero-order chi connectivity index (χ0) is 30.7. The second kappa shape index (κ2) is 10.7. The Balaban J connectivity index is 1.50. The molecular formula is C30H24F2N4O7S. The Morgan fingerprint density at radius 2 is 1.95 bits per heavy atom. The lowest BCUT2D eigenvalue weighted by atomic mass is 9.92. The highest BCUT2D eigenvalue weighted by molar-refractivity contribution is 7.13. The summed E-state index contributed by atoms with van der Waals surface area (Å²) in [5, 5.41) is 1.81. The van der Waals surface area contributed by atoms with Crippen LogP contribution in [-0.2, 0) is 14.2 Å². The highest BCUT2D eigenvalue weighted by Crippen LogP contribution is 2.50. The van der Waals surface area contributed by atoms with Gasteiger partial charge >= 0.3 is 6.16 Å². The van der Waals surface area contributed by atoms with Gasteiger partial charge in [-0.15, -0.1) is 11.3 Å². The SMILES string of the molecule is COC(=O)OCOc1c2n(ccc1=O)N([C@@H]1c3ccccc3-c3scnc3-c3c1ccc(F)c3F)[C@@H]1COC(C)CN1C2=O. The summed E-state index contributed by atoms with van der Waals surface area (Å²) in [6, 6.07) is 10.4. The van der Waals surface area contributed by atoms with Crippen LogP contribution in [0, 0.1) is 11.6 Å². The van der Waals surface area contributed by atoms with Gasteiger partial charge in [0, 0.05) is 24.4 Å². The quantitative estimate of drug-likeness (QED) is 0.243. The Labute approximate surface area is 252 Å². The van der Waals surface area contributed by atoms with Crippen LogP contribution in [0.25, 0.3) is 21.7 Å². The maximum Gasteiger partial charge on any atom is 0.510 e. The molecule has 0 saturated carbocycles. The molecule has 0 spiro atoms. The van der Waals surface area contributed by atoms with Crippen LogP contribution in [0.4, 0.5) is 13.6 Å². The van der Waals surface area contributed by atoms with Crippen molar-refractivity contribution >= 4 is 23.4 Å². The number of methoxy groups -OCH3 is 1. The molecule has 2 aromatic heterocycles. The lowest BCUT2D eigenvalue weighted by Gasteiger charge is -2.52. The summed E-state index contributed by atoms with van der Waals surface area (Å²) in [6.45, 7) is 1.38. The number of ether oxygens (including phenoxy) is 4. The van der Waals surface area contributed by atoms with Gasteiger partial charge in [0.2, 0.25) is 18.0 Å². The molecular weight excluding hydrogens is 598 g/mol. The average Bonchev–Trinajstić information content (AvgIpc) is 3.47. The number of morpholine rings is 1. The van der Waals surface area contributed by atoms with Crippen LogP contribution in [0.15, 0.2) is 59.0 Å². The number of nitrogens with zero attached hydrogens (tertiary/aromatic N) is 4. The lowest BCUT2D eigenvalue weighted by Crippen LogP contribution is -2.67. The first-order valence-electron chi connectivity index (χ1n) is 13.6. The van der Waals surface area contributed by atoms with Gasteiger partial charge in [-0.1, -0.05) is 30.3 Å². The van der Waals surface area contributed by atoms with E-state index in [2.05, 4.69) is 9.72 Å². The van der Waals surface area contributed by atoms with Gasteiger partial charge in [-0.05, 0) is 29.7 Å². The van der Waals surface area contributed by atoms with Crippen molar-refractivity contribution in [2.75, 3.05) is 32.1 Å². The molecule has 14 heteroatoms. The molecule has 11 nitrogen and oxygen atoms in total. The molecule has 1 fully saturated rings. The number of amides is 1. The summed E-state index contributed by atoms with van der Waals surface area (Å²) in [6.07, 6.45) is -0.662. The minimum absolute atomic E-state index is 0.00143. The first kappa shape index (κ1) is 28.0. The van der Waals surface area contributed by atoms with Gasteiger partial charge in [0.15, 0.2) is 17.3 Å². The van der Waals surface area contributed by atoms with E-state index in [1.165, 1.54) is 34.3 Å². The van der Waals surface area contributed by atoms with Crippen molar-refractivity contribution in [3.05, 3.63) is 92.9 Å². The van der Waals surface area contributed by atoms with Crippen molar-refractivity contribution in [3.63, 3.8) is 0 Å². The van der Waals surface area contributed by atoms with Crippen LogP contribution in [0.1, 0.15) is 34.6 Å². The summed E-state index contributed by atoms with van der Waals surface area (Å²) in [7, 11) is 1.12. The fraction of sp³-hybridized carbons (Fsp3) is 0.267. The zero-order valence-electron chi connectivity index (χ0n) is 23.4. The maximum absolute atomic E-state index is 15.8. The summed E-state index contributed by atoms with van der Waals surface area (Å²) in [5.74, 6) is -2.93. The van der Waals surface area contributed by atoms with E-state index in [9.17, 15) is 18.8 Å². The molecule has 1 aliphatic carbocycles. The number of fused-ring (bicyclic) bond motifs is 7. The Morgan fingerprint density at radius 3 is 2.77 bits per heavy atom. The number of carbonyl (C=O) groups excluding carboxylic acids is 2. The highest BCUT2D eigenvalue weighted by Gasteiger charge is 2.48. The topological polar surface area (TPSA) is 112 Å². The van der Waals surface area contributed by atoms with E-state index in [1.807, 2.05) is 36.2 Å². The number of benzene rings is 2. The number of hydrogen-bond donors (Lipinski definition) is 0. The molecule has 2 aromatic carbocycles. The predicted molar refractivity (Wildman–Crippen MR) is 153 cm³/mol. The van der Waals surface area contributed by atoms with Crippen molar-refractivity contribution in [2.24, 2.45) is 0 Å². The molecule has 226 valence electrons. The number of thiazole rings is 1. The maximum atomic E-state index is 15.8. The molecule has 1 saturated heterocycles. The first-order chi connectivity index (χ1) is 21.3. The molecule has 0 bridgehead atoms. The largest absolute Gasteiger partial charge is 0.510 e. The molecule has 0 radical (unpaired) electrons. The first-order valence-corrected chi connectivity index (χ1v) is 14.5. The third-order valence-corrected chi connectivity index (χ3v) is 8.79. The van der Waals surface area contributed by atoms with Crippen LogP contribution in [0.3, 0.4) is 0 Å². The summed E-state index contributed by atoms with van der Waals surface area (Å²) < 4.78 is 53.1. The molecule has 3 atom stereocenters. The van der Waals surface area contributed by atoms with Crippen LogP contribution < -0.4 is 15.2 Å². The smallest absolute Gasteiger partial charge is 0.451 e. The normalized spacial score (nSPS) is 20.0. The van der Waals surface area contributed by atoms with E-state index in [-0.39, 0.29) is 36.3 Å². The molecule has 4 aromatic rings. The minimum Gasteiger partial charge on any atom is -0.451 e. The van der Waals surface area contributed by atoms with E-state index < -0.39 is 48.1 Å². The summed E-state index contributed by atoms with van der Waals surface area (Å²) >= 11 is 1.31. The average molecular weight is 623 g/mol. The number of aromatic nitrogens is 2. The minimum atomic E-state index is -1.05. The fourth-order valence-electron chi connectivity index (χ4n) is 6.08. The van der Waals surface area contributed by atoms with Crippen LogP contribution in [0.5, 0.6) is 5.75 Å². The standard InChI is InChI=1S/C30H24F2N4O7S/c1-15-11-34-21(12-41-15)36(35-10-9-20(37)27(26(35)29(34)38)42-14-43-30(39)40-2)25-16-5-3-4-6-17(16)28-24(33-13-44-28)22-18(25)7-8-19(31)23(22)32/h3-10,13,15,21,25H,11-12,14H2,1-2H3/t15?,21-,25-/m1/s1. The van der Waals surface area contributed by atoms with Gasteiger partial charge in [0.25, 0.3) is 5.91 Å². The van der Waals surface area contributed by atoms with Crippen molar-refractivity contribution < 1.29 is 37.3 Å². The molecule has 44 heavy (non-hydrogen) atoms. The number of hydrogen-bond acceptors (Lipinski definition) is 10. The van der Waals surface area contributed by atoms with Crippen molar-refractivity contribution in [3.8, 4) is 27.4 Å². The van der Waals surface area contributed by atoms with Crippen LogP contribution >= 0.6 is 11.3 Å². The molecule has 7 rings (SSSR count). The third kappa shape index (κ3) is 4.24.